The summed E-state index contributed by atoms with van der Waals surface area (Å²) in [5.41, 5.74) is 0.782. The van der Waals surface area contributed by atoms with Gasteiger partial charge in [-0.05, 0) is 23.6 Å². The number of nitrogens with zero attached hydrogens (tertiary/aromatic N) is 1. The van der Waals surface area contributed by atoms with E-state index in [1.807, 2.05) is 0 Å². The van der Waals surface area contributed by atoms with Gasteiger partial charge in [0.15, 0.2) is 0 Å². The van der Waals surface area contributed by atoms with Crippen molar-refractivity contribution in [2.75, 3.05) is 24.8 Å². The maximum absolute atomic E-state index is 12.6. The van der Waals surface area contributed by atoms with Crippen LogP contribution in [0, 0.1) is 0 Å². The largest absolute Gasteiger partial charge is 0.423 e. The van der Waals surface area contributed by atoms with Crippen LogP contribution >= 0.6 is 11.3 Å². The highest BCUT2D eigenvalue weighted by molar-refractivity contribution is 7.89. The first-order valence-corrected chi connectivity index (χ1v) is 9.13. The minimum atomic E-state index is -3.71. The Bertz CT molecular complexity index is 821. The smallest absolute Gasteiger partial charge is 0.344 e. The van der Waals surface area contributed by atoms with E-state index in [0.717, 1.165) is 0 Å². The van der Waals surface area contributed by atoms with Gasteiger partial charge in [-0.2, -0.15) is 16.1 Å². The Morgan fingerprint density at radius 3 is 2.91 bits per heavy atom. The van der Waals surface area contributed by atoms with Crippen LogP contribution in [0.1, 0.15) is 10.4 Å². The topological polar surface area (TPSA) is 75.7 Å². The number of carbonyl (C=O) groups excluding carboxylic acids is 1. The number of halogens is 1. The number of hydrogen-bond acceptors (Lipinski definition) is 6. The van der Waals surface area contributed by atoms with Crippen LogP contribution in [0.5, 0.6) is 5.75 Å². The third kappa shape index (κ3) is 3.21. The zero-order valence-electron chi connectivity index (χ0n) is 11.9. The number of esters is 1. The zero-order chi connectivity index (χ0) is 16.4. The minimum Gasteiger partial charge on any atom is -0.423 e. The van der Waals surface area contributed by atoms with E-state index in [1.165, 1.54) is 29.5 Å². The van der Waals surface area contributed by atoms with Gasteiger partial charge in [0, 0.05) is 18.0 Å². The number of nitrogens with one attached hydrogen (secondary N) is 1. The van der Waals surface area contributed by atoms with Crippen molar-refractivity contribution in [1.82, 2.24) is 4.72 Å². The molecule has 2 heterocycles. The van der Waals surface area contributed by atoms with Crippen LogP contribution in [0.15, 0.2) is 39.9 Å². The van der Waals surface area contributed by atoms with E-state index in [-0.39, 0.29) is 23.9 Å². The zero-order valence-corrected chi connectivity index (χ0v) is 13.5. The SMILES string of the molecule is O=C(Oc1ccc2c(c1)S(=O)(=O)NCN2CCF)c1ccsc1. The van der Waals surface area contributed by atoms with Gasteiger partial charge in [-0.15, -0.1) is 0 Å². The van der Waals surface area contributed by atoms with Crippen LogP contribution in [-0.4, -0.2) is 34.3 Å². The number of carbonyl (C=O) groups is 1. The molecule has 1 aromatic heterocycles. The molecule has 0 aliphatic carbocycles. The second kappa shape index (κ2) is 6.26. The normalized spacial score (nSPS) is 16.0. The quantitative estimate of drug-likeness (QED) is 0.670. The van der Waals surface area contributed by atoms with Crippen molar-refractivity contribution in [2.24, 2.45) is 0 Å². The van der Waals surface area contributed by atoms with Gasteiger partial charge in [0.2, 0.25) is 10.0 Å². The molecule has 3 rings (SSSR count). The van der Waals surface area contributed by atoms with Crippen molar-refractivity contribution in [3.05, 3.63) is 40.6 Å². The molecule has 0 saturated heterocycles. The Balaban J connectivity index is 1.92. The van der Waals surface area contributed by atoms with Gasteiger partial charge in [-0.25, -0.2) is 17.6 Å². The fourth-order valence-electron chi connectivity index (χ4n) is 2.21. The first-order valence-electron chi connectivity index (χ1n) is 6.70. The van der Waals surface area contributed by atoms with Gasteiger partial charge in [-0.1, -0.05) is 0 Å². The molecule has 0 radical (unpaired) electrons. The van der Waals surface area contributed by atoms with Crippen molar-refractivity contribution in [3.8, 4) is 5.75 Å². The molecule has 0 bridgehead atoms. The fraction of sp³-hybridized carbons (Fsp3) is 0.214. The minimum absolute atomic E-state index is 0.00723. The molecule has 23 heavy (non-hydrogen) atoms. The molecular weight excluding hydrogens is 343 g/mol. The number of anilines is 1. The van der Waals surface area contributed by atoms with Crippen LogP contribution < -0.4 is 14.4 Å². The molecule has 0 unspecified atom stereocenters. The predicted octanol–water partition coefficient (Wildman–Crippen LogP) is 1.99. The van der Waals surface area contributed by atoms with Crippen LogP contribution in [0.2, 0.25) is 0 Å². The first-order chi connectivity index (χ1) is 11.0. The number of hydrogen-bond donors (Lipinski definition) is 1. The maximum atomic E-state index is 12.6. The second-order valence-corrected chi connectivity index (χ2v) is 7.30. The number of alkyl halides is 1. The van der Waals surface area contributed by atoms with Gasteiger partial charge in [-0.3, -0.25) is 0 Å². The maximum Gasteiger partial charge on any atom is 0.344 e. The molecule has 0 amide bonds. The highest BCUT2D eigenvalue weighted by Gasteiger charge is 2.28. The van der Waals surface area contributed by atoms with Crippen molar-refractivity contribution in [2.45, 2.75) is 4.90 Å². The van der Waals surface area contributed by atoms with Gasteiger partial charge < -0.3 is 9.64 Å². The molecule has 1 aromatic carbocycles. The fourth-order valence-corrected chi connectivity index (χ4v) is 4.06. The van der Waals surface area contributed by atoms with E-state index in [1.54, 1.807) is 21.7 Å². The summed E-state index contributed by atoms with van der Waals surface area (Å²) in [6.07, 6.45) is 0. The summed E-state index contributed by atoms with van der Waals surface area (Å²) < 4.78 is 44.4. The number of thiophene rings is 1. The van der Waals surface area contributed by atoms with Crippen molar-refractivity contribution in [3.63, 3.8) is 0 Å². The summed E-state index contributed by atoms with van der Waals surface area (Å²) in [5, 5.41) is 3.38. The Labute approximate surface area is 136 Å². The average molecular weight is 356 g/mol. The summed E-state index contributed by atoms with van der Waals surface area (Å²) in [5.74, 6) is -0.444. The highest BCUT2D eigenvalue weighted by atomic mass is 32.2. The molecule has 1 aliphatic rings. The summed E-state index contributed by atoms with van der Waals surface area (Å²) in [6, 6.07) is 5.90. The molecule has 0 atom stereocenters. The summed E-state index contributed by atoms with van der Waals surface area (Å²) in [4.78, 5) is 13.5. The lowest BCUT2D eigenvalue weighted by Crippen LogP contribution is -2.44. The lowest BCUT2D eigenvalue weighted by atomic mass is 10.2. The predicted molar refractivity (Wildman–Crippen MR) is 84.2 cm³/mol. The Kier molecular flexibility index (Phi) is 4.33. The second-order valence-electron chi connectivity index (χ2n) is 4.79. The summed E-state index contributed by atoms with van der Waals surface area (Å²) in [6.45, 7) is -0.521. The van der Waals surface area contributed by atoms with E-state index < -0.39 is 22.7 Å². The standard InChI is InChI=1S/C14H13FN2O4S2/c15-4-5-17-9-16-23(19,20)13-7-11(1-2-12(13)17)21-14(18)10-3-6-22-8-10/h1-3,6-8,16H,4-5,9H2. The Morgan fingerprint density at radius 2 is 2.22 bits per heavy atom. The highest BCUT2D eigenvalue weighted by Crippen LogP contribution is 2.32. The van der Waals surface area contributed by atoms with E-state index in [2.05, 4.69) is 4.72 Å². The molecule has 1 N–H and O–H groups in total. The van der Waals surface area contributed by atoms with Gasteiger partial charge >= 0.3 is 5.97 Å². The van der Waals surface area contributed by atoms with Crippen LogP contribution in [0.3, 0.4) is 0 Å². The van der Waals surface area contributed by atoms with Crippen molar-refractivity contribution in [1.29, 1.82) is 0 Å². The third-order valence-electron chi connectivity index (χ3n) is 3.33. The molecule has 122 valence electrons. The summed E-state index contributed by atoms with van der Waals surface area (Å²) >= 11 is 1.36. The first kappa shape index (κ1) is 15.9. The molecule has 2 aromatic rings. The number of benzene rings is 1. The van der Waals surface area contributed by atoms with Gasteiger partial charge in [0.1, 0.15) is 17.3 Å². The monoisotopic (exact) mass is 356 g/mol. The molecule has 0 fully saturated rings. The van der Waals surface area contributed by atoms with E-state index in [0.29, 0.717) is 11.3 Å². The van der Waals surface area contributed by atoms with E-state index in [9.17, 15) is 17.6 Å². The number of ether oxygens (including phenoxy) is 1. The lowest BCUT2D eigenvalue weighted by molar-refractivity contribution is 0.0735. The van der Waals surface area contributed by atoms with Gasteiger partial charge in [0.25, 0.3) is 0 Å². The van der Waals surface area contributed by atoms with E-state index in [4.69, 9.17) is 4.74 Å². The Hall–Kier alpha value is -1.97. The van der Waals surface area contributed by atoms with Crippen LogP contribution in [0.4, 0.5) is 10.1 Å². The number of sulfonamides is 1. The molecule has 1 aliphatic heterocycles. The molecular formula is C14H13FN2O4S2. The van der Waals surface area contributed by atoms with Crippen LogP contribution in [-0.2, 0) is 10.0 Å². The molecule has 0 saturated carbocycles. The van der Waals surface area contributed by atoms with E-state index >= 15 is 0 Å². The van der Waals surface area contributed by atoms with Crippen LogP contribution in [0.25, 0.3) is 0 Å². The Morgan fingerprint density at radius 1 is 1.39 bits per heavy atom. The lowest BCUT2D eigenvalue weighted by Gasteiger charge is -2.30. The van der Waals surface area contributed by atoms with Crippen molar-refractivity contribution < 1.29 is 22.3 Å². The molecule has 9 heteroatoms. The molecule has 0 spiro atoms. The van der Waals surface area contributed by atoms with Gasteiger partial charge in [0.05, 0.1) is 17.9 Å². The average Bonchev–Trinajstić information content (AvgIpc) is 3.05. The molecule has 6 nitrogen and oxygen atoms in total. The summed E-state index contributed by atoms with van der Waals surface area (Å²) in [7, 11) is -3.71. The van der Waals surface area contributed by atoms with Crippen molar-refractivity contribution >= 4 is 33.0 Å². The third-order valence-corrected chi connectivity index (χ3v) is 5.43. The number of fused-ring (bicyclic) bond motifs is 1. The number of rotatable bonds is 4.